The van der Waals surface area contributed by atoms with Gasteiger partial charge in [-0.25, -0.2) is 4.79 Å². The van der Waals surface area contributed by atoms with Crippen LogP contribution in [-0.2, 0) is 20.7 Å². The van der Waals surface area contributed by atoms with Crippen molar-refractivity contribution in [3.05, 3.63) is 59.1 Å². The molecule has 1 heterocycles. The number of para-hydroxylation sites is 1. The van der Waals surface area contributed by atoms with Crippen molar-refractivity contribution >= 4 is 41.1 Å². The SMILES string of the molecule is COC(=O)NCC(=O)Nc1ccccc1CC[C@@H]1CNC[C@@H](CSc2ccc(Cl)cc2)O1. The first-order chi connectivity index (χ1) is 15.5. The van der Waals surface area contributed by atoms with Gasteiger partial charge in [-0.1, -0.05) is 29.8 Å². The first-order valence-electron chi connectivity index (χ1n) is 10.5. The Kier molecular flexibility index (Phi) is 9.67. The Hall–Kier alpha value is -2.26. The van der Waals surface area contributed by atoms with E-state index >= 15 is 0 Å². The first-order valence-corrected chi connectivity index (χ1v) is 11.8. The van der Waals surface area contributed by atoms with E-state index in [-0.39, 0.29) is 24.7 Å². The standard InChI is InChI=1S/C23H28ClN3O4S/c1-30-23(29)26-14-22(28)27-21-5-3-2-4-16(21)6-9-18-12-25-13-19(31-18)15-32-20-10-7-17(24)8-11-20/h2-5,7-8,10-11,18-19,25H,6,9,12-15H2,1H3,(H,26,29)(H,27,28)/t18-,19+/m1/s1. The third-order valence-corrected chi connectivity index (χ3v) is 6.38. The maximum atomic E-state index is 12.1. The molecule has 0 aliphatic carbocycles. The van der Waals surface area contributed by atoms with Gasteiger partial charge in [-0.05, 0) is 48.7 Å². The maximum Gasteiger partial charge on any atom is 0.407 e. The lowest BCUT2D eigenvalue weighted by molar-refractivity contribution is -0.115. The zero-order valence-corrected chi connectivity index (χ0v) is 19.5. The number of carbonyl (C=O) groups is 2. The molecule has 1 aliphatic heterocycles. The van der Waals surface area contributed by atoms with E-state index in [0.29, 0.717) is 0 Å². The molecule has 3 N–H and O–H groups in total. The summed E-state index contributed by atoms with van der Waals surface area (Å²) in [6.45, 7) is 1.49. The van der Waals surface area contributed by atoms with Crippen molar-refractivity contribution in [2.24, 2.45) is 0 Å². The second-order valence-electron chi connectivity index (χ2n) is 7.39. The van der Waals surface area contributed by atoms with E-state index in [9.17, 15) is 9.59 Å². The summed E-state index contributed by atoms with van der Waals surface area (Å²) in [7, 11) is 1.26. The molecule has 1 aliphatic rings. The topological polar surface area (TPSA) is 88.7 Å². The third kappa shape index (κ3) is 8.02. The molecule has 0 unspecified atom stereocenters. The van der Waals surface area contributed by atoms with E-state index in [0.717, 1.165) is 48.0 Å². The second-order valence-corrected chi connectivity index (χ2v) is 8.92. The molecule has 0 spiro atoms. The van der Waals surface area contributed by atoms with Gasteiger partial charge < -0.3 is 25.4 Å². The van der Waals surface area contributed by atoms with Crippen LogP contribution in [0.1, 0.15) is 12.0 Å². The van der Waals surface area contributed by atoms with Gasteiger partial charge in [-0.2, -0.15) is 0 Å². The number of ether oxygens (including phenoxy) is 2. The van der Waals surface area contributed by atoms with E-state index < -0.39 is 6.09 Å². The van der Waals surface area contributed by atoms with Crippen LogP contribution in [0.5, 0.6) is 0 Å². The molecule has 172 valence electrons. The Balaban J connectivity index is 1.46. The Labute approximate surface area is 197 Å². The van der Waals surface area contributed by atoms with Crippen molar-refractivity contribution in [1.82, 2.24) is 10.6 Å². The fraction of sp³-hybridized carbons (Fsp3) is 0.391. The third-order valence-electron chi connectivity index (χ3n) is 4.98. The van der Waals surface area contributed by atoms with Crippen molar-refractivity contribution in [1.29, 1.82) is 0 Å². The molecule has 0 saturated carbocycles. The lowest BCUT2D eigenvalue weighted by atomic mass is 10.0. The number of halogens is 1. The molecular formula is C23H28ClN3O4S. The molecule has 2 amide bonds. The van der Waals surface area contributed by atoms with Crippen LogP contribution in [0.2, 0.25) is 5.02 Å². The van der Waals surface area contributed by atoms with Crippen LogP contribution >= 0.6 is 23.4 Å². The summed E-state index contributed by atoms with van der Waals surface area (Å²) in [4.78, 5) is 24.4. The highest BCUT2D eigenvalue weighted by molar-refractivity contribution is 7.99. The summed E-state index contributed by atoms with van der Waals surface area (Å²) in [5, 5.41) is 9.43. The van der Waals surface area contributed by atoms with Crippen LogP contribution in [-0.4, -0.2) is 56.7 Å². The van der Waals surface area contributed by atoms with Gasteiger partial charge in [-0.15, -0.1) is 11.8 Å². The number of amides is 2. The van der Waals surface area contributed by atoms with Crippen LogP contribution in [0.4, 0.5) is 10.5 Å². The number of thioether (sulfide) groups is 1. The van der Waals surface area contributed by atoms with Gasteiger partial charge in [0.25, 0.3) is 0 Å². The summed E-state index contributed by atoms with van der Waals surface area (Å²) >= 11 is 7.71. The quantitative estimate of drug-likeness (QED) is 0.477. The lowest BCUT2D eigenvalue weighted by Gasteiger charge is -2.31. The fourth-order valence-electron chi connectivity index (χ4n) is 3.36. The maximum absolute atomic E-state index is 12.1. The van der Waals surface area contributed by atoms with Gasteiger partial charge in [0.15, 0.2) is 0 Å². The molecule has 9 heteroatoms. The van der Waals surface area contributed by atoms with Gasteiger partial charge >= 0.3 is 6.09 Å². The van der Waals surface area contributed by atoms with Crippen LogP contribution in [0.25, 0.3) is 0 Å². The van der Waals surface area contributed by atoms with Gasteiger partial charge in [0.1, 0.15) is 6.54 Å². The van der Waals surface area contributed by atoms with E-state index in [1.165, 1.54) is 12.0 Å². The number of nitrogens with one attached hydrogen (secondary N) is 3. The second kappa shape index (κ2) is 12.7. The molecule has 3 rings (SSSR count). The van der Waals surface area contributed by atoms with Crippen LogP contribution < -0.4 is 16.0 Å². The molecule has 0 bridgehead atoms. The number of benzene rings is 2. The van der Waals surface area contributed by atoms with E-state index in [1.807, 2.05) is 48.5 Å². The highest BCUT2D eigenvalue weighted by atomic mass is 35.5. The van der Waals surface area contributed by atoms with Gasteiger partial charge in [0, 0.05) is 34.4 Å². The number of hydrogen-bond acceptors (Lipinski definition) is 6. The van der Waals surface area contributed by atoms with Crippen molar-refractivity contribution in [3.8, 4) is 0 Å². The smallest absolute Gasteiger partial charge is 0.407 e. The fourth-order valence-corrected chi connectivity index (χ4v) is 4.39. The predicted molar refractivity (Wildman–Crippen MR) is 128 cm³/mol. The predicted octanol–water partition coefficient (Wildman–Crippen LogP) is 3.72. The average Bonchev–Trinajstić information content (AvgIpc) is 2.82. The number of aryl methyl sites for hydroxylation is 1. The minimum Gasteiger partial charge on any atom is -0.453 e. The van der Waals surface area contributed by atoms with Crippen molar-refractivity contribution in [2.75, 3.05) is 37.8 Å². The summed E-state index contributed by atoms with van der Waals surface area (Å²) in [6, 6.07) is 15.5. The number of rotatable bonds is 9. The van der Waals surface area contributed by atoms with Gasteiger partial charge in [-0.3, -0.25) is 4.79 Å². The number of morpholine rings is 1. The minimum atomic E-state index is -0.640. The Morgan fingerprint density at radius 1 is 1.16 bits per heavy atom. The molecule has 1 saturated heterocycles. The van der Waals surface area contributed by atoms with Crippen molar-refractivity contribution in [3.63, 3.8) is 0 Å². The molecular weight excluding hydrogens is 450 g/mol. The van der Waals surface area contributed by atoms with Crippen LogP contribution in [0.3, 0.4) is 0 Å². The van der Waals surface area contributed by atoms with Crippen LogP contribution in [0.15, 0.2) is 53.4 Å². The Bertz CT molecular complexity index is 897. The van der Waals surface area contributed by atoms with Gasteiger partial charge in [0.05, 0.1) is 19.3 Å². The number of methoxy groups -OCH3 is 1. The Morgan fingerprint density at radius 2 is 1.91 bits per heavy atom. The summed E-state index contributed by atoms with van der Waals surface area (Å²) in [5.74, 6) is 0.558. The highest BCUT2D eigenvalue weighted by Crippen LogP contribution is 2.24. The van der Waals surface area contributed by atoms with Crippen molar-refractivity contribution < 1.29 is 19.1 Å². The van der Waals surface area contributed by atoms with Crippen molar-refractivity contribution in [2.45, 2.75) is 29.9 Å². The largest absolute Gasteiger partial charge is 0.453 e. The highest BCUT2D eigenvalue weighted by Gasteiger charge is 2.22. The van der Waals surface area contributed by atoms with Crippen LogP contribution in [0, 0.1) is 0 Å². The molecule has 1 fully saturated rings. The monoisotopic (exact) mass is 477 g/mol. The summed E-state index contributed by atoms with van der Waals surface area (Å²) in [5.41, 5.74) is 1.77. The zero-order valence-electron chi connectivity index (χ0n) is 17.9. The summed E-state index contributed by atoms with van der Waals surface area (Å²) in [6.07, 6.45) is 1.20. The van der Waals surface area contributed by atoms with Gasteiger partial charge in [0.2, 0.25) is 5.91 Å². The number of carbonyl (C=O) groups excluding carboxylic acids is 2. The average molecular weight is 478 g/mol. The van der Waals surface area contributed by atoms with E-state index in [4.69, 9.17) is 16.3 Å². The zero-order chi connectivity index (χ0) is 22.8. The summed E-state index contributed by atoms with van der Waals surface area (Å²) < 4.78 is 10.8. The molecule has 2 atom stereocenters. The number of anilines is 1. The molecule has 2 aromatic carbocycles. The van der Waals surface area contributed by atoms with E-state index in [1.54, 1.807) is 11.8 Å². The molecule has 2 aromatic rings. The lowest BCUT2D eigenvalue weighted by Crippen LogP contribution is -2.45. The molecule has 0 aromatic heterocycles. The van der Waals surface area contributed by atoms with E-state index in [2.05, 4.69) is 20.7 Å². The first kappa shape index (κ1) is 24.4. The molecule has 0 radical (unpaired) electrons. The molecule has 32 heavy (non-hydrogen) atoms. The minimum absolute atomic E-state index is 0.101. The normalized spacial score (nSPS) is 18.1. The Morgan fingerprint density at radius 3 is 2.69 bits per heavy atom. The number of hydrogen-bond donors (Lipinski definition) is 3. The molecule has 7 nitrogen and oxygen atoms in total. The number of alkyl carbamates (subject to hydrolysis) is 1.